The molecule has 0 bridgehead atoms. The summed E-state index contributed by atoms with van der Waals surface area (Å²) >= 11 is 1.20. The third kappa shape index (κ3) is 3.82. The second kappa shape index (κ2) is 6.72. The molecule has 1 aromatic heterocycles. The van der Waals surface area contributed by atoms with Gasteiger partial charge in [-0.3, -0.25) is 9.78 Å². The van der Waals surface area contributed by atoms with Crippen LogP contribution in [0.25, 0.3) is 0 Å². The van der Waals surface area contributed by atoms with Crippen LogP contribution in [0.3, 0.4) is 0 Å². The van der Waals surface area contributed by atoms with Gasteiger partial charge in [0.2, 0.25) is 0 Å². The Morgan fingerprint density at radius 1 is 1.48 bits per heavy atom. The summed E-state index contributed by atoms with van der Waals surface area (Å²) in [5.41, 5.74) is 4.72. The van der Waals surface area contributed by atoms with E-state index in [0.29, 0.717) is 17.2 Å². The molecule has 1 aromatic rings. The molecular formula is C13H21BN4O3SSi. The van der Waals surface area contributed by atoms with Crippen molar-refractivity contribution in [3.05, 3.63) is 10.4 Å². The lowest BCUT2D eigenvalue weighted by Crippen LogP contribution is -2.50. The fraction of sp³-hybridized carbons (Fsp3) is 0.615. The number of imide groups is 1. The second-order valence-electron chi connectivity index (χ2n) is 6.70. The smallest absolute Gasteiger partial charge is 0.327 e. The van der Waals surface area contributed by atoms with Crippen molar-refractivity contribution in [2.75, 3.05) is 19.9 Å². The summed E-state index contributed by atoms with van der Waals surface area (Å²) in [6.45, 7) is 7.05. The van der Waals surface area contributed by atoms with E-state index in [1.165, 1.54) is 11.3 Å². The number of hydrogen-bond acceptors (Lipinski definition) is 6. The number of ether oxygens (including phenoxy) is 1. The molecule has 1 aliphatic heterocycles. The van der Waals surface area contributed by atoms with Crippen molar-refractivity contribution in [1.82, 2.24) is 15.2 Å². The number of nitrogens with one attached hydrogen (secondary N) is 1. The quantitative estimate of drug-likeness (QED) is 0.408. The van der Waals surface area contributed by atoms with E-state index in [9.17, 15) is 9.59 Å². The maximum atomic E-state index is 12.7. The number of amides is 3. The van der Waals surface area contributed by atoms with E-state index in [1.54, 1.807) is 5.38 Å². The largest absolute Gasteiger partial charge is 0.361 e. The highest BCUT2D eigenvalue weighted by atomic mass is 32.1. The SMILES string of the molecule is [B]c1csc([C@]2(CN)NC(=O)N(COCC[Si](C)(C)C)C2=O)n1. The highest BCUT2D eigenvalue weighted by Crippen LogP contribution is 2.29. The van der Waals surface area contributed by atoms with Gasteiger partial charge in [-0.1, -0.05) is 19.6 Å². The van der Waals surface area contributed by atoms with Crippen LogP contribution in [0.5, 0.6) is 0 Å². The van der Waals surface area contributed by atoms with Crippen molar-refractivity contribution < 1.29 is 14.3 Å². The summed E-state index contributed by atoms with van der Waals surface area (Å²) in [4.78, 5) is 30.0. The molecule has 0 unspecified atom stereocenters. The average Bonchev–Trinajstić information content (AvgIpc) is 2.98. The van der Waals surface area contributed by atoms with Crippen LogP contribution >= 0.6 is 11.3 Å². The van der Waals surface area contributed by atoms with Gasteiger partial charge in [-0.25, -0.2) is 9.69 Å². The Kier molecular flexibility index (Phi) is 5.29. The van der Waals surface area contributed by atoms with Crippen molar-refractivity contribution in [1.29, 1.82) is 0 Å². The summed E-state index contributed by atoms with van der Waals surface area (Å²) in [7, 11) is 4.39. The third-order valence-electron chi connectivity index (χ3n) is 3.59. The lowest BCUT2D eigenvalue weighted by Gasteiger charge is -2.22. The maximum Gasteiger partial charge on any atom is 0.327 e. The normalized spacial score (nSPS) is 21.8. The number of hydrogen-bond donors (Lipinski definition) is 2. The predicted octanol–water partition coefficient (Wildman–Crippen LogP) is -0.0450. The molecule has 0 spiro atoms. The molecule has 2 heterocycles. The van der Waals surface area contributed by atoms with Crippen LogP contribution in [0.2, 0.25) is 25.7 Å². The Hall–Kier alpha value is -1.23. The zero-order valence-corrected chi connectivity index (χ0v) is 15.4. The van der Waals surface area contributed by atoms with Gasteiger partial charge in [-0.2, -0.15) is 0 Å². The van der Waals surface area contributed by atoms with Crippen molar-refractivity contribution in [3.63, 3.8) is 0 Å². The van der Waals surface area contributed by atoms with E-state index in [4.69, 9.17) is 18.3 Å². The maximum absolute atomic E-state index is 12.7. The number of rotatable bonds is 7. The Balaban J connectivity index is 2.06. The number of nitrogens with zero attached hydrogens (tertiary/aromatic N) is 2. The van der Waals surface area contributed by atoms with Gasteiger partial charge >= 0.3 is 6.03 Å². The molecule has 1 aliphatic rings. The molecule has 0 aliphatic carbocycles. The number of thiazole rings is 1. The number of carbonyl (C=O) groups is 2. The number of urea groups is 1. The van der Waals surface area contributed by atoms with Crippen LogP contribution in [0.1, 0.15) is 5.01 Å². The van der Waals surface area contributed by atoms with Gasteiger partial charge < -0.3 is 15.8 Å². The molecule has 23 heavy (non-hydrogen) atoms. The molecule has 0 aromatic carbocycles. The van der Waals surface area contributed by atoms with Crippen molar-refractivity contribution >= 4 is 44.8 Å². The molecule has 1 atom stereocenters. The van der Waals surface area contributed by atoms with Gasteiger partial charge in [0.1, 0.15) is 19.6 Å². The molecule has 0 saturated carbocycles. The van der Waals surface area contributed by atoms with Crippen LogP contribution in [0.4, 0.5) is 4.79 Å². The predicted molar refractivity (Wildman–Crippen MR) is 92.6 cm³/mol. The van der Waals surface area contributed by atoms with E-state index >= 15 is 0 Å². The number of nitrogens with two attached hydrogens (primary N) is 1. The van der Waals surface area contributed by atoms with Gasteiger partial charge in [-0.05, 0) is 11.6 Å². The summed E-state index contributed by atoms with van der Waals surface area (Å²) in [5.74, 6) is -0.452. The molecule has 2 rings (SSSR count). The topological polar surface area (TPSA) is 97.5 Å². The highest BCUT2D eigenvalue weighted by Gasteiger charge is 2.53. The molecule has 1 saturated heterocycles. The molecule has 2 radical (unpaired) electrons. The van der Waals surface area contributed by atoms with Gasteiger partial charge in [0.15, 0.2) is 5.54 Å². The fourth-order valence-corrected chi connectivity index (χ4v) is 3.75. The number of carbonyl (C=O) groups excluding carboxylic acids is 2. The van der Waals surface area contributed by atoms with E-state index in [1.807, 2.05) is 0 Å². The molecular weight excluding hydrogens is 331 g/mol. The first-order valence-electron chi connectivity index (χ1n) is 7.33. The van der Waals surface area contributed by atoms with Crippen molar-refractivity contribution in [3.8, 4) is 0 Å². The minimum atomic E-state index is -1.35. The number of aromatic nitrogens is 1. The fourth-order valence-electron chi connectivity index (χ4n) is 2.13. The van der Waals surface area contributed by atoms with E-state index in [-0.39, 0.29) is 13.3 Å². The minimum Gasteiger partial charge on any atom is -0.361 e. The zero-order valence-electron chi connectivity index (χ0n) is 13.6. The minimum absolute atomic E-state index is 0.0856. The summed E-state index contributed by atoms with van der Waals surface area (Å²) in [6, 6.07) is 0.434. The van der Waals surface area contributed by atoms with Crippen molar-refractivity contribution in [2.45, 2.75) is 31.2 Å². The van der Waals surface area contributed by atoms with Crippen LogP contribution in [0.15, 0.2) is 5.38 Å². The average molecular weight is 352 g/mol. The van der Waals surface area contributed by atoms with Gasteiger partial charge in [0.25, 0.3) is 5.91 Å². The first-order chi connectivity index (χ1) is 10.7. The zero-order chi connectivity index (χ0) is 17.3. The highest BCUT2D eigenvalue weighted by molar-refractivity contribution is 7.10. The molecule has 3 N–H and O–H groups in total. The lowest BCUT2D eigenvalue weighted by molar-refractivity contribution is -0.134. The first kappa shape index (κ1) is 18.1. The van der Waals surface area contributed by atoms with E-state index in [2.05, 4.69) is 29.9 Å². The Morgan fingerprint density at radius 2 is 2.17 bits per heavy atom. The van der Waals surface area contributed by atoms with Gasteiger partial charge in [-0.15, -0.1) is 11.3 Å². The Bertz CT molecular complexity index is 606. The summed E-state index contributed by atoms with van der Waals surface area (Å²) in [5, 5.41) is 4.64. The Labute approximate surface area is 142 Å². The van der Waals surface area contributed by atoms with Crippen molar-refractivity contribution in [2.24, 2.45) is 5.73 Å². The second-order valence-corrected chi connectivity index (χ2v) is 13.2. The molecule has 124 valence electrons. The lowest BCUT2D eigenvalue weighted by atomic mass is 10.0. The standard InChI is InChI=1S/C13H21BN4O3SSi/c1-23(2,3)5-4-21-8-18-11(19)13(7-15,17-12(18)20)10-16-9(14)6-22-10/h6H,4-5,7-8,15H2,1-3H3,(H,17,20)/t13-/m0/s1. The van der Waals surface area contributed by atoms with E-state index < -0.39 is 25.6 Å². The Morgan fingerprint density at radius 3 is 2.70 bits per heavy atom. The van der Waals surface area contributed by atoms with Crippen LogP contribution in [-0.2, 0) is 15.1 Å². The van der Waals surface area contributed by atoms with Gasteiger partial charge in [0.05, 0.1) is 0 Å². The van der Waals surface area contributed by atoms with Gasteiger partial charge in [0, 0.05) is 26.6 Å². The van der Waals surface area contributed by atoms with Crippen LogP contribution < -0.4 is 16.6 Å². The summed E-state index contributed by atoms with van der Waals surface area (Å²) < 4.78 is 5.51. The summed E-state index contributed by atoms with van der Waals surface area (Å²) in [6.07, 6.45) is 0. The van der Waals surface area contributed by atoms with Crippen LogP contribution in [-0.4, -0.2) is 57.6 Å². The first-order valence-corrected chi connectivity index (χ1v) is 11.9. The van der Waals surface area contributed by atoms with Crippen LogP contribution in [0, 0.1) is 0 Å². The van der Waals surface area contributed by atoms with E-state index in [0.717, 1.165) is 10.9 Å². The molecule has 1 fully saturated rings. The molecule has 7 nitrogen and oxygen atoms in total. The monoisotopic (exact) mass is 352 g/mol. The molecule has 3 amide bonds. The third-order valence-corrected chi connectivity index (χ3v) is 6.31. The molecule has 10 heteroatoms.